The molecule has 0 radical (unpaired) electrons. The molecule has 0 saturated heterocycles. The first-order valence-corrected chi connectivity index (χ1v) is 16.0. The van der Waals surface area contributed by atoms with Crippen LogP contribution in [0.2, 0.25) is 0 Å². The highest BCUT2D eigenvalue weighted by Crippen LogP contribution is 2.44. The van der Waals surface area contributed by atoms with Crippen molar-refractivity contribution in [3.63, 3.8) is 0 Å². The van der Waals surface area contributed by atoms with Gasteiger partial charge in [-0.05, 0) is 70.8 Å². The van der Waals surface area contributed by atoms with Gasteiger partial charge >= 0.3 is 0 Å². The first-order valence-electron chi connectivity index (χ1n) is 16.0. The minimum Gasteiger partial charge on any atom is -0.294 e. The number of fused-ring (bicyclic) bond motifs is 10. The van der Waals surface area contributed by atoms with Crippen LogP contribution >= 0.6 is 0 Å². The Bertz CT molecular complexity index is 2380. The molecule has 0 fully saturated rings. The lowest BCUT2D eigenvalue weighted by molar-refractivity contribution is 1.19. The van der Waals surface area contributed by atoms with Crippen molar-refractivity contribution >= 4 is 91.5 Å². The average Bonchev–Trinajstić information content (AvgIpc) is 3.43. The van der Waals surface area contributed by atoms with Crippen LogP contribution in [0.1, 0.15) is 22.3 Å². The van der Waals surface area contributed by atoms with E-state index in [-0.39, 0.29) is 0 Å². The summed E-state index contributed by atoms with van der Waals surface area (Å²) in [7, 11) is 0. The van der Waals surface area contributed by atoms with Crippen LogP contribution in [0.4, 0.5) is 34.4 Å². The van der Waals surface area contributed by atoms with Crippen molar-refractivity contribution in [1.82, 2.24) is 19.9 Å². The maximum atomic E-state index is 5.45. The summed E-state index contributed by atoms with van der Waals surface area (Å²) < 4.78 is 0. The Labute approximate surface area is 276 Å². The van der Waals surface area contributed by atoms with Crippen molar-refractivity contribution in [1.29, 1.82) is 0 Å². The van der Waals surface area contributed by atoms with Crippen LogP contribution in [-0.4, -0.2) is 19.9 Å². The van der Waals surface area contributed by atoms with Gasteiger partial charge in [-0.1, -0.05) is 97.1 Å². The minimum absolute atomic E-state index is 0.777. The molecule has 6 heteroatoms. The number of nitrogens with zero attached hydrogens (tertiary/aromatic N) is 6. The number of pyridine rings is 2. The third-order valence-electron chi connectivity index (χ3n) is 9.25. The van der Waals surface area contributed by atoms with Gasteiger partial charge < -0.3 is 0 Å². The average molecular weight is 615 g/mol. The lowest BCUT2D eigenvalue weighted by Gasteiger charge is -2.27. The van der Waals surface area contributed by atoms with Crippen LogP contribution in [0, 0.1) is 0 Å². The molecule has 0 amide bonds. The minimum atomic E-state index is 0.777. The Morgan fingerprint density at radius 3 is 1.02 bits per heavy atom. The predicted octanol–water partition coefficient (Wildman–Crippen LogP) is 10.6. The molecule has 0 aliphatic carbocycles. The van der Waals surface area contributed by atoms with Gasteiger partial charge in [-0.25, -0.2) is 9.97 Å². The molecule has 3 aromatic heterocycles. The number of hydrogen-bond acceptors (Lipinski definition) is 6. The second-order valence-electron chi connectivity index (χ2n) is 12.0. The topological polar surface area (TPSA) is 58.0 Å². The molecule has 0 saturated carbocycles. The second-order valence-corrected chi connectivity index (χ2v) is 12.0. The van der Waals surface area contributed by atoms with Gasteiger partial charge in [-0.15, -0.1) is 0 Å². The fraction of sp³-hybridized carbons (Fsp3) is 0. The molecule has 0 spiro atoms. The molecule has 2 aliphatic heterocycles. The molecule has 5 aromatic carbocycles. The van der Waals surface area contributed by atoms with E-state index in [2.05, 4.69) is 155 Å². The van der Waals surface area contributed by atoms with E-state index < -0.39 is 0 Å². The lowest BCUT2D eigenvalue weighted by Crippen LogP contribution is -2.14. The Hall–Kier alpha value is -6.66. The van der Waals surface area contributed by atoms with Crippen LogP contribution in [0.25, 0.3) is 57.1 Å². The number of aromatic nitrogens is 4. The van der Waals surface area contributed by atoms with Crippen LogP contribution in [0.15, 0.2) is 134 Å². The van der Waals surface area contributed by atoms with E-state index in [1.807, 2.05) is 0 Å². The molecule has 0 unspecified atom stereocenters. The first kappa shape index (κ1) is 26.5. The summed E-state index contributed by atoms with van der Waals surface area (Å²) in [6.45, 7) is 0. The fourth-order valence-corrected chi connectivity index (χ4v) is 7.06. The first-order chi connectivity index (χ1) is 23.8. The molecule has 8 aromatic rings. The smallest absolute Gasteiger partial charge is 0.138 e. The second kappa shape index (κ2) is 10.4. The number of para-hydroxylation sites is 4. The van der Waals surface area contributed by atoms with Crippen molar-refractivity contribution in [2.75, 3.05) is 9.80 Å². The van der Waals surface area contributed by atoms with Gasteiger partial charge in [-0.3, -0.25) is 19.8 Å². The standard InChI is InChI=1S/C42H26N6/c1-5-13-33-27(9-1)17-18-28-10-2-6-14-34(28)47(33)37-23-21-31-39-40(44-26-25-43-39)32-22-24-38(46-42(32)41(31)45-37)48-35-15-7-3-11-29(35)19-20-30-12-4-8-16-36(30)48/h1-26H. The van der Waals surface area contributed by atoms with E-state index in [4.69, 9.17) is 19.9 Å². The van der Waals surface area contributed by atoms with Gasteiger partial charge in [0.25, 0.3) is 0 Å². The molecule has 2 aliphatic rings. The third-order valence-corrected chi connectivity index (χ3v) is 9.25. The number of anilines is 6. The van der Waals surface area contributed by atoms with Gasteiger partial charge in [0, 0.05) is 23.2 Å². The monoisotopic (exact) mass is 614 g/mol. The van der Waals surface area contributed by atoms with E-state index in [1.54, 1.807) is 12.4 Å². The predicted molar refractivity (Wildman–Crippen MR) is 197 cm³/mol. The maximum Gasteiger partial charge on any atom is 0.138 e. The van der Waals surface area contributed by atoms with Crippen molar-refractivity contribution < 1.29 is 0 Å². The molecule has 0 N–H and O–H groups in total. The molecular weight excluding hydrogens is 589 g/mol. The van der Waals surface area contributed by atoms with Crippen molar-refractivity contribution in [3.05, 3.63) is 156 Å². The van der Waals surface area contributed by atoms with E-state index >= 15 is 0 Å². The largest absolute Gasteiger partial charge is 0.294 e. The summed E-state index contributed by atoms with van der Waals surface area (Å²) in [4.78, 5) is 25.0. The van der Waals surface area contributed by atoms with Gasteiger partial charge in [0.15, 0.2) is 0 Å². The zero-order chi connectivity index (χ0) is 31.6. The highest BCUT2D eigenvalue weighted by atomic mass is 15.2. The Kier molecular flexibility index (Phi) is 5.77. The van der Waals surface area contributed by atoms with Crippen LogP contribution in [0.5, 0.6) is 0 Å². The van der Waals surface area contributed by atoms with Gasteiger partial charge in [0.1, 0.15) is 22.7 Å². The summed E-state index contributed by atoms with van der Waals surface area (Å²) >= 11 is 0. The number of hydrogen-bond donors (Lipinski definition) is 0. The summed E-state index contributed by atoms with van der Waals surface area (Å²) in [5, 5.41) is 1.82. The molecule has 6 nitrogen and oxygen atoms in total. The Morgan fingerprint density at radius 2 is 0.667 bits per heavy atom. The fourth-order valence-electron chi connectivity index (χ4n) is 7.06. The Balaban J connectivity index is 1.27. The maximum absolute atomic E-state index is 5.45. The molecule has 224 valence electrons. The van der Waals surface area contributed by atoms with Crippen LogP contribution < -0.4 is 9.80 Å². The molecule has 0 atom stereocenters. The number of benzene rings is 5. The van der Waals surface area contributed by atoms with E-state index in [0.717, 1.165) is 89.5 Å². The van der Waals surface area contributed by atoms with Crippen molar-refractivity contribution in [2.24, 2.45) is 0 Å². The van der Waals surface area contributed by atoms with E-state index in [0.29, 0.717) is 0 Å². The summed E-state index contributed by atoms with van der Waals surface area (Å²) in [5.41, 5.74) is 11.9. The van der Waals surface area contributed by atoms with E-state index in [1.165, 1.54) is 0 Å². The van der Waals surface area contributed by atoms with Crippen LogP contribution in [0.3, 0.4) is 0 Å². The van der Waals surface area contributed by atoms with Crippen molar-refractivity contribution in [2.45, 2.75) is 0 Å². The molecule has 0 bridgehead atoms. The number of rotatable bonds is 2. The highest BCUT2D eigenvalue weighted by molar-refractivity contribution is 6.21. The van der Waals surface area contributed by atoms with E-state index in [9.17, 15) is 0 Å². The summed E-state index contributed by atoms with van der Waals surface area (Å²) in [6, 6.07) is 42.2. The van der Waals surface area contributed by atoms with Gasteiger partial charge in [0.05, 0.1) is 33.8 Å². The third kappa shape index (κ3) is 3.99. The zero-order valence-electron chi connectivity index (χ0n) is 25.7. The summed E-state index contributed by atoms with van der Waals surface area (Å²) in [5.74, 6) is 1.61. The molecular formula is C42H26N6. The van der Waals surface area contributed by atoms with Gasteiger partial charge in [0.2, 0.25) is 0 Å². The summed E-state index contributed by atoms with van der Waals surface area (Å²) in [6.07, 6.45) is 12.2. The molecule has 10 rings (SSSR count). The van der Waals surface area contributed by atoms with Crippen LogP contribution in [-0.2, 0) is 0 Å². The zero-order valence-corrected chi connectivity index (χ0v) is 25.7. The lowest BCUT2D eigenvalue weighted by atomic mass is 10.1. The quantitative estimate of drug-likeness (QED) is 0.181. The molecule has 5 heterocycles. The van der Waals surface area contributed by atoms with Gasteiger partial charge in [-0.2, -0.15) is 0 Å². The highest BCUT2D eigenvalue weighted by Gasteiger charge is 2.24. The Morgan fingerprint density at radius 1 is 0.333 bits per heavy atom. The molecule has 48 heavy (non-hydrogen) atoms. The normalized spacial score (nSPS) is 13.2. The SMILES string of the molecule is C1=Cc2ccccc2N(c2ccc3c4nccnc4c4ccc(N5c6ccccc6C=Cc6ccccc65)nc4c3n2)c2ccccc21. The van der Waals surface area contributed by atoms with Crippen molar-refractivity contribution in [3.8, 4) is 0 Å².